The summed E-state index contributed by atoms with van der Waals surface area (Å²) in [6.07, 6.45) is 1.93. The van der Waals surface area contributed by atoms with Gasteiger partial charge in [0.05, 0.1) is 5.69 Å². The van der Waals surface area contributed by atoms with Crippen LogP contribution in [0.2, 0.25) is 0 Å². The third kappa shape index (κ3) is 2.85. The Kier molecular flexibility index (Phi) is 4.17. The molecule has 0 N–H and O–H groups in total. The second-order valence-corrected chi connectivity index (χ2v) is 7.65. The Balaban J connectivity index is 1.78. The van der Waals surface area contributed by atoms with Gasteiger partial charge in [-0.2, -0.15) is 0 Å². The van der Waals surface area contributed by atoms with E-state index in [4.69, 9.17) is 4.98 Å². The smallest absolute Gasteiger partial charge is 0.251 e. The summed E-state index contributed by atoms with van der Waals surface area (Å²) in [5.41, 5.74) is 5.08. The minimum absolute atomic E-state index is 0.0453. The first kappa shape index (κ1) is 17.0. The molecule has 1 fully saturated rings. The van der Waals surface area contributed by atoms with Crippen LogP contribution in [0.5, 0.6) is 0 Å². The quantitative estimate of drug-likeness (QED) is 0.836. The lowest BCUT2D eigenvalue weighted by atomic mass is 9.82. The van der Waals surface area contributed by atoms with Crippen molar-refractivity contribution in [3.8, 4) is 11.3 Å². The number of hydrogen-bond acceptors (Lipinski definition) is 3. The monoisotopic (exact) mass is 351 g/mol. The number of hydrogen-bond donors (Lipinski definition) is 0. The van der Waals surface area contributed by atoms with Crippen LogP contribution < -0.4 is 5.56 Å². The van der Waals surface area contributed by atoms with Crippen LogP contribution in [0.3, 0.4) is 0 Å². The number of aryl methyl sites for hydroxylation is 2. The van der Waals surface area contributed by atoms with Crippen LogP contribution in [0.1, 0.15) is 43.1 Å². The first-order chi connectivity index (χ1) is 12.5. The molecule has 1 amide bonds. The molecule has 2 atom stereocenters. The first-order valence-corrected chi connectivity index (χ1v) is 9.43. The molecule has 2 aliphatic rings. The molecule has 0 radical (unpaired) electrons. The molecule has 0 saturated carbocycles. The Hall–Kier alpha value is -2.43. The van der Waals surface area contributed by atoms with E-state index in [2.05, 4.69) is 26.0 Å². The van der Waals surface area contributed by atoms with Gasteiger partial charge in [-0.1, -0.05) is 13.0 Å². The van der Waals surface area contributed by atoms with Gasteiger partial charge in [0.15, 0.2) is 0 Å². The Morgan fingerprint density at radius 3 is 2.77 bits per heavy atom. The normalized spacial score (nSPS) is 21.4. The molecule has 26 heavy (non-hydrogen) atoms. The van der Waals surface area contributed by atoms with Gasteiger partial charge in [-0.3, -0.25) is 14.6 Å². The summed E-state index contributed by atoms with van der Waals surface area (Å²) in [6.45, 7) is 7.97. The lowest BCUT2D eigenvalue weighted by Crippen LogP contribution is -2.48. The zero-order chi connectivity index (χ0) is 18.4. The molecule has 5 heteroatoms. The van der Waals surface area contributed by atoms with Crippen molar-refractivity contribution in [1.82, 2.24) is 14.5 Å². The third-order valence-electron chi connectivity index (χ3n) is 5.83. The number of carbonyl (C=O) groups excluding carboxylic acids is 1. The first-order valence-electron chi connectivity index (χ1n) is 9.43. The Bertz CT molecular complexity index is 931. The molecule has 5 nitrogen and oxygen atoms in total. The maximum atomic E-state index is 12.8. The topological polar surface area (TPSA) is 55.2 Å². The van der Waals surface area contributed by atoms with Gasteiger partial charge in [-0.05, 0) is 43.4 Å². The minimum atomic E-state index is 0.0453. The van der Waals surface area contributed by atoms with E-state index < -0.39 is 0 Å². The number of piperidine rings is 1. The highest BCUT2D eigenvalue weighted by Crippen LogP contribution is 2.36. The fourth-order valence-corrected chi connectivity index (χ4v) is 4.45. The summed E-state index contributed by atoms with van der Waals surface area (Å²) in [5.74, 6) is 0.729. The van der Waals surface area contributed by atoms with Crippen molar-refractivity contribution in [2.45, 2.75) is 46.1 Å². The van der Waals surface area contributed by atoms with Crippen molar-refractivity contribution >= 4 is 5.91 Å². The molecule has 4 heterocycles. The molecule has 0 unspecified atom stereocenters. The zero-order valence-electron chi connectivity index (χ0n) is 15.7. The highest BCUT2D eigenvalue weighted by Gasteiger charge is 2.35. The predicted octanol–water partition coefficient (Wildman–Crippen LogP) is 2.75. The number of rotatable bonds is 2. The number of aromatic nitrogens is 2. The predicted molar refractivity (Wildman–Crippen MR) is 101 cm³/mol. The van der Waals surface area contributed by atoms with Gasteiger partial charge in [-0.25, -0.2) is 0 Å². The van der Waals surface area contributed by atoms with Gasteiger partial charge in [0.25, 0.3) is 5.56 Å². The number of likely N-dealkylation sites (tertiary alicyclic amines) is 1. The molecule has 4 rings (SSSR count). The third-order valence-corrected chi connectivity index (χ3v) is 5.83. The molecule has 1 saturated heterocycles. The molecule has 2 aromatic heterocycles. The van der Waals surface area contributed by atoms with Crippen LogP contribution in [0, 0.1) is 12.8 Å². The molecular formula is C21H25N3O2. The second-order valence-electron chi connectivity index (χ2n) is 7.65. The van der Waals surface area contributed by atoms with E-state index >= 15 is 0 Å². The number of carbonyl (C=O) groups is 1. The van der Waals surface area contributed by atoms with E-state index in [-0.39, 0.29) is 17.4 Å². The maximum absolute atomic E-state index is 12.8. The standard InChI is InChI=1S/C21H25N3O2/c1-4-18-13(2)5-6-19(22-18)16-8-20-17-7-15(10-23(12-17)14(3)25)11-24(20)21(26)9-16/h5-6,8-9,15,17H,4,7,10-12H2,1-3H3/t15-,17+/m0/s1. The van der Waals surface area contributed by atoms with Crippen molar-refractivity contribution in [3.05, 3.63) is 51.6 Å². The molecule has 2 aliphatic heterocycles. The maximum Gasteiger partial charge on any atom is 0.251 e. The van der Waals surface area contributed by atoms with Crippen molar-refractivity contribution in [2.24, 2.45) is 5.92 Å². The number of amides is 1. The van der Waals surface area contributed by atoms with Crippen molar-refractivity contribution in [3.63, 3.8) is 0 Å². The molecule has 0 aromatic carbocycles. The number of pyridine rings is 2. The average Bonchev–Trinajstić information content (AvgIpc) is 2.62. The molecular weight excluding hydrogens is 326 g/mol. The average molecular weight is 351 g/mol. The summed E-state index contributed by atoms with van der Waals surface area (Å²) in [4.78, 5) is 31.3. The van der Waals surface area contributed by atoms with Gasteiger partial charge in [0, 0.05) is 55.5 Å². The van der Waals surface area contributed by atoms with E-state index in [0.29, 0.717) is 19.0 Å². The summed E-state index contributed by atoms with van der Waals surface area (Å²) in [7, 11) is 0. The van der Waals surface area contributed by atoms with Crippen LogP contribution in [0.15, 0.2) is 29.1 Å². The van der Waals surface area contributed by atoms with E-state index in [9.17, 15) is 9.59 Å². The van der Waals surface area contributed by atoms with Crippen molar-refractivity contribution < 1.29 is 4.79 Å². The molecule has 0 spiro atoms. The van der Waals surface area contributed by atoms with Crippen molar-refractivity contribution in [2.75, 3.05) is 13.1 Å². The molecule has 136 valence electrons. The van der Waals surface area contributed by atoms with Crippen LogP contribution >= 0.6 is 0 Å². The lowest BCUT2D eigenvalue weighted by Gasteiger charge is -2.42. The summed E-state index contributed by atoms with van der Waals surface area (Å²) in [6, 6.07) is 7.90. The molecule has 2 bridgehead atoms. The number of fused-ring (bicyclic) bond motifs is 4. The van der Waals surface area contributed by atoms with Crippen LogP contribution in [0.25, 0.3) is 11.3 Å². The SMILES string of the molecule is CCc1nc(-c2cc3n(c(=O)c2)C[C@H]2C[C@@H]3CN(C(C)=O)C2)ccc1C. The van der Waals surface area contributed by atoms with E-state index in [1.54, 1.807) is 13.0 Å². The highest BCUT2D eigenvalue weighted by molar-refractivity contribution is 5.73. The highest BCUT2D eigenvalue weighted by atomic mass is 16.2. The fraction of sp³-hybridized carbons (Fsp3) is 0.476. The van der Waals surface area contributed by atoms with Crippen LogP contribution in [-0.2, 0) is 17.8 Å². The zero-order valence-corrected chi connectivity index (χ0v) is 15.7. The van der Waals surface area contributed by atoms with Crippen LogP contribution in [0.4, 0.5) is 0 Å². The molecule has 0 aliphatic carbocycles. The number of nitrogens with zero attached hydrogens (tertiary/aromatic N) is 3. The molecule has 2 aromatic rings. The van der Waals surface area contributed by atoms with Gasteiger partial charge < -0.3 is 9.47 Å². The van der Waals surface area contributed by atoms with E-state index in [1.165, 1.54) is 5.56 Å². The summed E-state index contributed by atoms with van der Waals surface area (Å²) < 4.78 is 1.91. The van der Waals surface area contributed by atoms with Gasteiger partial charge in [0.1, 0.15) is 0 Å². The fourth-order valence-electron chi connectivity index (χ4n) is 4.45. The van der Waals surface area contributed by atoms with Crippen molar-refractivity contribution in [1.29, 1.82) is 0 Å². The largest absolute Gasteiger partial charge is 0.342 e. The van der Waals surface area contributed by atoms with Gasteiger partial charge >= 0.3 is 0 Å². The second kappa shape index (κ2) is 6.38. The van der Waals surface area contributed by atoms with E-state index in [1.807, 2.05) is 15.5 Å². The van der Waals surface area contributed by atoms with E-state index in [0.717, 1.165) is 42.0 Å². The lowest BCUT2D eigenvalue weighted by molar-refractivity contribution is -0.131. The Labute approximate surface area is 153 Å². The summed E-state index contributed by atoms with van der Waals surface area (Å²) in [5, 5.41) is 0. The summed E-state index contributed by atoms with van der Waals surface area (Å²) >= 11 is 0. The van der Waals surface area contributed by atoms with Crippen LogP contribution in [-0.4, -0.2) is 33.4 Å². The minimum Gasteiger partial charge on any atom is -0.342 e. The Morgan fingerprint density at radius 1 is 1.23 bits per heavy atom. The van der Waals surface area contributed by atoms with Gasteiger partial charge in [0.2, 0.25) is 5.91 Å². The van der Waals surface area contributed by atoms with Gasteiger partial charge in [-0.15, -0.1) is 0 Å². The Morgan fingerprint density at radius 2 is 2.04 bits per heavy atom.